The van der Waals surface area contributed by atoms with Crippen molar-refractivity contribution < 1.29 is 19.3 Å². The molecule has 5 aliphatic carbocycles. The molecule has 1 N–H and O–H groups in total. The maximum Gasteiger partial charge on any atom is 0.165 e. The van der Waals surface area contributed by atoms with E-state index in [-0.39, 0.29) is 39.5 Å². The lowest BCUT2D eigenvalue weighted by molar-refractivity contribution is -0.389. The molecule has 7 atom stereocenters. The molecule has 3 spiro atoms. The lowest BCUT2D eigenvalue weighted by atomic mass is 9.33. The zero-order valence-corrected chi connectivity index (χ0v) is 21.2. The number of aromatic hydroxyl groups is 1. The first-order valence-electron chi connectivity index (χ1n) is 13.7. The van der Waals surface area contributed by atoms with Gasteiger partial charge in [0.1, 0.15) is 18.5 Å². The topological polar surface area (TPSA) is 51.2 Å². The Labute approximate surface area is 203 Å². The first-order valence-corrected chi connectivity index (χ1v) is 13.7. The van der Waals surface area contributed by atoms with E-state index in [1.165, 1.54) is 36.9 Å². The summed E-state index contributed by atoms with van der Waals surface area (Å²) in [5.74, 6) is 2.26. The van der Waals surface area contributed by atoms with Crippen LogP contribution in [0.15, 0.2) is 12.1 Å². The van der Waals surface area contributed by atoms with E-state index in [0.29, 0.717) is 18.6 Å². The van der Waals surface area contributed by atoms with Crippen LogP contribution in [0.5, 0.6) is 11.5 Å². The Kier molecular flexibility index (Phi) is 3.67. The van der Waals surface area contributed by atoms with Crippen molar-refractivity contribution in [1.29, 1.82) is 0 Å². The van der Waals surface area contributed by atoms with Gasteiger partial charge >= 0.3 is 0 Å². The fourth-order valence-electron chi connectivity index (χ4n) is 10.0. The maximum absolute atomic E-state index is 11.0. The molecule has 3 aliphatic heterocycles. The van der Waals surface area contributed by atoms with E-state index >= 15 is 0 Å². The molecule has 1 aromatic rings. The summed E-state index contributed by atoms with van der Waals surface area (Å²) in [4.78, 5) is 2.88. The van der Waals surface area contributed by atoms with Crippen LogP contribution in [0.4, 0.5) is 0 Å². The minimum atomic E-state index is -0.356. The lowest BCUT2D eigenvalue weighted by Crippen LogP contribution is -2.84. The highest BCUT2D eigenvalue weighted by molar-refractivity contribution is 5.63. The predicted octanol–water partition coefficient (Wildman–Crippen LogP) is 4.78. The third kappa shape index (κ3) is 2.06. The molecular weight excluding hydrogens is 426 g/mol. The van der Waals surface area contributed by atoms with Crippen molar-refractivity contribution in [3.05, 3.63) is 23.3 Å². The Hall–Kier alpha value is -1.30. The third-order valence-corrected chi connectivity index (χ3v) is 12.1. The van der Waals surface area contributed by atoms with Gasteiger partial charge in [-0.3, -0.25) is 4.90 Å². The summed E-state index contributed by atoms with van der Waals surface area (Å²) < 4.78 is 20.4. The number of rotatable bonds is 2. The number of likely N-dealkylation sites (tertiary alicyclic amines) is 1. The molecule has 4 bridgehead atoms. The van der Waals surface area contributed by atoms with Gasteiger partial charge in [-0.05, 0) is 81.4 Å². The van der Waals surface area contributed by atoms with Gasteiger partial charge in [-0.25, -0.2) is 0 Å². The first kappa shape index (κ1) is 20.8. The quantitative estimate of drug-likeness (QED) is 0.681. The number of nitrogens with zero attached hydrogens (tertiary/aromatic N) is 1. The van der Waals surface area contributed by atoms with E-state index in [1.54, 1.807) is 0 Å². The van der Waals surface area contributed by atoms with Crippen LogP contribution >= 0.6 is 0 Å². The number of hydrogen-bond donors (Lipinski definition) is 1. The highest BCUT2D eigenvalue weighted by atomic mass is 16.7. The normalized spacial score (nSPS) is 48.3. The van der Waals surface area contributed by atoms with Gasteiger partial charge < -0.3 is 19.3 Å². The molecule has 4 saturated carbocycles. The first-order chi connectivity index (χ1) is 16.2. The third-order valence-electron chi connectivity index (χ3n) is 12.1. The Morgan fingerprint density at radius 3 is 2.71 bits per heavy atom. The van der Waals surface area contributed by atoms with Crippen LogP contribution in [0.3, 0.4) is 0 Å². The standard InChI is InChI=1S/C29H39NO4/c1-25(2,3)26(4)20-14-27-9-10-29(20,33-16-32-26)24-28(27)11-12-30(15-17-5-6-17)21(27)13-18-7-8-19(31)23(34-24)22(18)28/h7-8,17,20-21,24,31H,5-6,9-16H2,1-4H3/t20?,21-,24-,26+,27?,28+,29-/m1/s1. The average Bonchev–Trinajstić information content (AvgIpc) is 3.53. The fourth-order valence-corrected chi connectivity index (χ4v) is 10.0. The van der Waals surface area contributed by atoms with Crippen LogP contribution in [0.1, 0.15) is 77.3 Å². The van der Waals surface area contributed by atoms with Crippen molar-refractivity contribution in [2.45, 2.75) is 101 Å². The van der Waals surface area contributed by atoms with Crippen LogP contribution < -0.4 is 4.74 Å². The SMILES string of the molecule is CC(C)(C)[C@@]1(C)OCO[C@]23CCC4(CC12)[C@H]1Cc2ccc(O)c5c2[C@@]4(CCN1CC1CC1)[C@H]3O5. The van der Waals surface area contributed by atoms with Crippen LogP contribution in [0, 0.1) is 22.7 Å². The molecule has 0 amide bonds. The van der Waals surface area contributed by atoms with Crippen LogP contribution in [-0.4, -0.2) is 53.2 Å². The summed E-state index contributed by atoms with van der Waals surface area (Å²) in [7, 11) is 0. The van der Waals surface area contributed by atoms with Gasteiger partial charge in [0.15, 0.2) is 11.5 Å². The molecule has 34 heavy (non-hydrogen) atoms. The monoisotopic (exact) mass is 465 g/mol. The molecule has 184 valence electrons. The van der Waals surface area contributed by atoms with Gasteiger partial charge in [0, 0.05) is 34.9 Å². The molecule has 0 radical (unpaired) electrons. The van der Waals surface area contributed by atoms with Crippen molar-refractivity contribution in [1.82, 2.24) is 4.90 Å². The largest absolute Gasteiger partial charge is 0.504 e. The van der Waals surface area contributed by atoms with Gasteiger partial charge in [-0.2, -0.15) is 0 Å². The van der Waals surface area contributed by atoms with Gasteiger partial charge in [0.25, 0.3) is 0 Å². The zero-order chi connectivity index (χ0) is 23.3. The number of piperidine rings is 1. The molecule has 1 aromatic carbocycles. The molecule has 5 heteroatoms. The second kappa shape index (κ2) is 5.98. The van der Waals surface area contributed by atoms with E-state index in [2.05, 4.69) is 38.7 Å². The zero-order valence-electron chi connectivity index (χ0n) is 21.2. The van der Waals surface area contributed by atoms with E-state index in [4.69, 9.17) is 14.2 Å². The molecular formula is C29H39NO4. The molecule has 0 aromatic heterocycles. The van der Waals surface area contributed by atoms with Gasteiger partial charge in [0.05, 0.1) is 5.60 Å². The Bertz CT molecular complexity index is 1090. The minimum absolute atomic E-state index is 0.00797. The number of ether oxygens (including phenoxy) is 3. The van der Waals surface area contributed by atoms with Crippen molar-refractivity contribution in [3.8, 4) is 11.5 Å². The number of benzene rings is 1. The average molecular weight is 466 g/mol. The van der Waals surface area contributed by atoms with Crippen molar-refractivity contribution >= 4 is 0 Å². The summed E-state index contributed by atoms with van der Waals surface area (Å²) in [6.07, 6.45) is 8.35. The van der Waals surface area contributed by atoms with E-state index in [0.717, 1.165) is 43.9 Å². The van der Waals surface area contributed by atoms with E-state index in [1.807, 2.05) is 6.07 Å². The highest BCUT2D eigenvalue weighted by Crippen LogP contribution is 2.78. The van der Waals surface area contributed by atoms with Crippen molar-refractivity contribution in [2.24, 2.45) is 22.7 Å². The lowest BCUT2D eigenvalue weighted by Gasteiger charge is -2.77. The number of hydrogen-bond acceptors (Lipinski definition) is 5. The fraction of sp³-hybridized carbons (Fsp3) is 0.793. The molecule has 6 fully saturated rings. The Morgan fingerprint density at radius 1 is 1.12 bits per heavy atom. The summed E-state index contributed by atoms with van der Waals surface area (Å²) in [5.41, 5.74) is 2.22. The summed E-state index contributed by atoms with van der Waals surface area (Å²) in [5, 5.41) is 11.0. The Morgan fingerprint density at radius 2 is 1.94 bits per heavy atom. The number of fused-ring (bicyclic) bond motifs is 1. The second-order valence-electron chi connectivity index (χ2n) is 14.0. The Balaban J connectivity index is 1.38. The number of phenols is 1. The van der Waals surface area contributed by atoms with E-state index < -0.39 is 0 Å². The van der Waals surface area contributed by atoms with Crippen LogP contribution in [-0.2, 0) is 21.3 Å². The molecule has 8 aliphatic rings. The van der Waals surface area contributed by atoms with Crippen molar-refractivity contribution in [2.75, 3.05) is 19.9 Å². The van der Waals surface area contributed by atoms with Crippen LogP contribution in [0.2, 0.25) is 0 Å². The van der Waals surface area contributed by atoms with Crippen LogP contribution in [0.25, 0.3) is 0 Å². The predicted molar refractivity (Wildman–Crippen MR) is 128 cm³/mol. The maximum atomic E-state index is 11.0. The smallest absolute Gasteiger partial charge is 0.165 e. The van der Waals surface area contributed by atoms with Gasteiger partial charge in [-0.15, -0.1) is 0 Å². The summed E-state index contributed by atoms with van der Waals surface area (Å²) >= 11 is 0. The molecule has 2 unspecified atom stereocenters. The second-order valence-corrected chi connectivity index (χ2v) is 14.0. The molecule has 5 nitrogen and oxygen atoms in total. The van der Waals surface area contributed by atoms with Gasteiger partial charge in [0.2, 0.25) is 0 Å². The van der Waals surface area contributed by atoms with Gasteiger partial charge in [-0.1, -0.05) is 26.8 Å². The summed E-state index contributed by atoms with van der Waals surface area (Å²) in [6.45, 7) is 12.1. The molecule has 2 saturated heterocycles. The number of phenolic OH excluding ortho intramolecular Hbond substituents is 1. The molecule has 9 rings (SSSR count). The molecule has 3 heterocycles. The van der Waals surface area contributed by atoms with Crippen molar-refractivity contribution in [3.63, 3.8) is 0 Å². The minimum Gasteiger partial charge on any atom is -0.504 e. The summed E-state index contributed by atoms with van der Waals surface area (Å²) in [6, 6.07) is 4.62. The highest BCUT2D eigenvalue weighted by Gasteiger charge is 2.83. The van der Waals surface area contributed by atoms with E-state index in [9.17, 15) is 5.11 Å².